The monoisotopic (exact) mass is 354 g/mol. The van der Waals surface area contributed by atoms with Gasteiger partial charge in [0.2, 0.25) is 5.91 Å². The van der Waals surface area contributed by atoms with Crippen molar-refractivity contribution >= 4 is 29.1 Å². The van der Waals surface area contributed by atoms with E-state index in [1.807, 2.05) is 17.0 Å². The summed E-state index contributed by atoms with van der Waals surface area (Å²) in [6.07, 6.45) is 1.76. The van der Waals surface area contributed by atoms with Gasteiger partial charge in [0.15, 0.2) is 0 Å². The van der Waals surface area contributed by atoms with E-state index in [0.29, 0.717) is 10.0 Å². The number of benzene rings is 1. The van der Waals surface area contributed by atoms with Gasteiger partial charge >= 0.3 is 0 Å². The number of hydrogen-bond acceptors (Lipinski definition) is 2. The van der Waals surface area contributed by atoms with Crippen LogP contribution >= 0.6 is 23.2 Å². The molecule has 0 unspecified atom stereocenters. The Morgan fingerprint density at radius 1 is 1.09 bits per heavy atom. The first-order valence-electron chi connectivity index (χ1n) is 8.24. The van der Waals surface area contributed by atoms with Gasteiger partial charge in [-0.3, -0.25) is 9.69 Å². The van der Waals surface area contributed by atoms with Crippen LogP contribution in [0.25, 0.3) is 0 Å². The van der Waals surface area contributed by atoms with Gasteiger partial charge in [-0.2, -0.15) is 0 Å². The SMILES string of the molecule is CC(C)(C)N1CCN(C(=O)C2(c3ccc(Cl)cc3Cl)CC2)CC1. The van der Waals surface area contributed by atoms with Crippen molar-refractivity contribution in [2.75, 3.05) is 26.2 Å². The molecule has 0 radical (unpaired) electrons. The summed E-state index contributed by atoms with van der Waals surface area (Å²) in [6.45, 7) is 10.1. The molecule has 1 saturated carbocycles. The molecular formula is C18H24Cl2N2O. The van der Waals surface area contributed by atoms with Crippen molar-refractivity contribution in [3.63, 3.8) is 0 Å². The van der Waals surface area contributed by atoms with E-state index in [1.54, 1.807) is 6.07 Å². The lowest BCUT2D eigenvalue weighted by Crippen LogP contribution is -2.56. The van der Waals surface area contributed by atoms with Crippen molar-refractivity contribution in [2.24, 2.45) is 0 Å². The second-order valence-electron chi connectivity index (χ2n) is 7.66. The second-order valence-corrected chi connectivity index (χ2v) is 8.50. The van der Waals surface area contributed by atoms with Crippen molar-refractivity contribution in [1.82, 2.24) is 9.80 Å². The molecule has 0 aromatic heterocycles. The number of piperazine rings is 1. The predicted molar refractivity (Wildman–Crippen MR) is 95.3 cm³/mol. The molecule has 0 bridgehead atoms. The average Bonchev–Trinajstić information content (AvgIpc) is 3.27. The third-order valence-corrected chi connectivity index (χ3v) is 5.67. The van der Waals surface area contributed by atoms with Gasteiger partial charge in [-0.1, -0.05) is 29.3 Å². The van der Waals surface area contributed by atoms with Crippen LogP contribution in [0.2, 0.25) is 10.0 Å². The van der Waals surface area contributed by atoms with Crippen LogP contribution in [0.3, 0.4) is 0 Å². The van der Waals surface area contributed by atoms with Crippen molar-refractivity contribution in [2.45, 2.75) is 44.6 Å². The Morgan fingerprint density at radius 2 is 1.70 bits per heavy atom. The van der Waals surface area contributed by atoms with Gasteiger partial charge in [0.25, 0.3) is 0 Å². The molecule has 2 aliphatic rings. The molecule has 1 heterocycles. The van der Waals surface area contributed by atoms with Gasteiger partial charge in [-0.15, -0.1) is 0 Å². The van der Waals surface area contributed by atoms with E-state index in [0.717, 1.165) is 44.6 Å². The lowest BCUT2D eigenvalue weighted by molar-refractivity contribution is -0.136. The van der Waals surface area contributed by atoms with Gasteiger partial charge in [0, 0.05) is 41.8 Å². The zero-order chi connectivity index (χ0) is 16.8. The molecule has 1 aliphatic carbocycles. The summed E-state index contributed by atoms with van der Waals surface area (Å²) >= 11 is 12.3. The Kier molecular flexibility index (Phi) is 4.41. The summed E-state index contributed by atoms with van der Waals surface area (Å²) in [5.74, 6) is 0.232. The Morgan fingerprint density at radius 3 is 2.17 bits per heavy atom. The standard InChI is InChI=1S/C18H24Cl2N2O/c1-17(2,3)22-10-8-21(9-11-22)16(23)18(6-7-18)14-5-4-13(19)12-15(14)20/h4-5,12H,6-11H2,1-3H3. The van der Waals surface area contributed by atoms with Crippen LogP contribution in [0.1, 0.15) is 39.2 Å². The molecule has 0 spiro atoms. The van der Waals surface area contributed by atoms with E-state index in [1.165, 1.54) is 0 Å². The Bertz CT molecular complexity index is 612. The first-order chi connectivity index (χ1) is 10.7. The highest BCUT2D eigenvalue weighted by Gasteiger charge is 2.54. The lowest BCUT2D eigenvalue weighted by Gasteiger charge is -2.43. The first-order valence-corrected chi connectivity index (χ1v) is 9.00. The maximum atomic E-state index is 13.1. The van der Waals surface area contributed by atoms with Gasteiger partial charge in [0.05, 0.1) is 5.41 Å². The van der Waals surface area contributed by atoms with Crippen LogP contribution < -0.4 is 0 Å². The summed E-state index contributed by atoms with van der Waals surface area (Å²) in [7, 11) is 0. The van der Waals surface area contributed by atoms with E-state index < -0.39 is 5.41 Å². The third kappa shape index (κ3) is 3.24. The van der Waals surface area contributed by atoms with Gasteiger partial charge < -0.3 is 4.90 Å². The third-order valence-electron chi connectivity index (χ3n) is 5.12. The van der Waals surface area contributed by atoms with E-state index in [9.17, 15) is 4.79 Å². The maximum Gasteiger partial charge on any atom is 0.233 e. The minimum Gasteiger partial charge on any atom is -0.339 e. The Hall–Kier alpha value is -0.770. The molecule has 5 heteroatoms. The van der Waals surface area contributed by atoms with Crippen molar-refractivity contribution < 1.29 is 4.79 Å². The van der Waals surface area contributed by atoms with Crippen LogP contribution in [0.5, 0.6) is 0 Å². The lowest BCUT2D eigenvalue weighted by atomic mass is 9.93. The van der Waals surface area contributed by atoms with Crippen LogP contribution in [-0.2, 0) is 10.2 Å². The number of carbonyl (C=O) groups is 1. The fourth-order valence-electron chi connectivity index (χ4n) is 3.48. The fourth-order valence-corrected chi connectivity index (χ4v) is 4.07. The quantitative estimate of drug-likeness (QED) is 0.802. The van der Waals surface area contributed by atoms with E-state index in [-0.39, 0.29) is 11.4 Å². The highest BCUT2D eigenvalue weighted by atomic mass is 35.5. The number of hydrogen-bond donors (Lipinski definition) is 0. The summed E-state index contributed by atoms with van der Waals surface area (Å²) in [4.78, 5) is 17.5. The minimum absolute atomic E-state index is 0.159. The number of halogens is 2. The van der Waals surface area contributed by atoms with Crippen molar-refractivity contribution in [3.8, 4) is 0 Å². The number of nitrogens with zero attached hydrogens (tertiary/aromatic N) is 2. The summed E-state index contributed by atoms with van der Waals surface area (Å²) in [6, 6.07) is 5.48. The minimum atomic E-state index is -0.411. The molecule has 1 aliphatic heterocycles. The van der Waals surface area contributed by atoms with Gasteiger partial charge in [0.1, 0.15) is 0 Å². The zero-order valence-corrected chi connectivity index (χ0v) is 15.5. The molecule has 2 fully saturated rings. The van der Waals surface area contributed by atoms with E-state index >= 15 is 0 Å². The molecule has 1 amide bonds. The predicted octanol–water partition coefficient (Wildman–Crippen LogP) is 3.97. The molecule has 1 saturated heterocycles. The number of amides is 1. The van der Waals surface area contributed by atoms with E-state index in [4.69, 9.17) is 23.2 Å². The molecule has 1 aromatic carbocycles. The Labute approximate surface area is 148 Å². The molecule has 0 N–H and O–H groups in total. The number of carbonyl (C=O) groups excluding carboxylic acids is 1. The van der Waals surface area contributed by atoms with E-state index in [2.05, 4.69) is 25.7 Å². The highest BCUT2D eigenvalue weighted by Crippen LogP contribution is 2.52. The number of rotatable bonds is 2. The van der Waals surface area contributed by atoms with Crippen molar-refractivity contribution in [1.29, 1.82) is 0 Å². The smallest absolute Gasteiger partial charge is 0.233 e. The molecular weight excluding hydrogens is 331 g/mol. The second kappa shape index (κ2) is 5.94. The van der Waals surface area contributed by atoms with Crippen LogP contribution in [0.15, 0.2) is 18.2 Å². The summed E-state index contributed by atoms with van der Waals surface area (Å²) in [5, 5.41) is 1.22. The largest absolute Gasteiger partial charge is 0.339 e. The van der Waals surface area contributed by atoms with Crippen molar-refractivity contribution in [3.05, 3.63) is 33.8 Å². The normalized spacial score (nSPS) is 21.3. The average molecular weight is 355 g/mol. The molecule has 126 valence electrons. The summed E-state index contributed by atoms with van der Waals surface area (Å²) in [5.41, 5.74) is 0.684. The van der Waals surface area contributed by atoms with Crippen LogP contribution in [0.4, 0.5) is 0 Å². The molecule has 1 aromatic rings. The van der Waals surface area contributed by atoms with Crippen LogP contribution in [0, 0.1) is 0 Å². The Balaban J connectivity index is 1.74. The highest BCUT2D eigenvalue weighted by molar-refractivity contribution is 6.35. The fraction of sp³-hybridized carbons (Fsp3) is 0.611. The molecule has 3 nitrogen and oxygen atoms in total. The van der Waals surface area contributed by atoms with Gasteiger partial charge in [-0.05, 0) is 51.3 Å². The van der Waals surface area contributed by atoms with Gasteiger partial charge in [-0.25, -0.2) is 0 Å². The first kappa shape index (κ1) is 17.1. The molecule has 0 atom stereocenters. The van der Waals surface area contributed by atoms with Crippen LogP contribution in [-0.4, -0.2) is 47.4 Å². The molecule has 23 heavy (non-hydrogen) atoms. The zero-order valence-electron chi connectivity index (χ0n) is 14.0. The molecule has 3 rings (SSSR count). The maximum absolute atomic E-state index is 13.1. The topological polar surface area (TPSA) is 23.6 Å². The summed E-state index contributed by atoms with van der Waals surface area (Å²) < 4.78 is 0.